The van der Waals surface area contributed by atoms with E-state index in [1.807, 2.05) is 29.8 Å². The summed E-state index contributed by atoms with van der Waals surface area (Å²) < 4.78 is 7.50. The molecule has 0 atom stereocenters. The van der Waals surface area contributed by atoms with Gasteiger partial charge in [-0.1, -0.05) is 13.3 Å². The van der Waals surface area contributed by atoms with Gasteiger partial charge in [-0.05, 0) is 18.6 Å². The highest BCUT2D eigenvalue weighted by atomic mass is 16.5. The van der Waals surface area contributed by atoms with Crippen molar-refractivity contribution in [3.05, 3.63) is 24.5 Å². The lowest BCUT2D eigenvalue weighted by molar-refractivity contribution is 0.309. The van der Waals surface area contributed by atoms with E-state index in [2.05, 4.69) is 18.2 Å². The van der Waals surface area contributed by atoms with Gasteiger partial charge in [0.2, 0.25) is 0 Å². The molecule has 0 unspecified atom stereocenters. The Morgan fingerprint density at radius 3 is 3.13 bits per heavy atom. The summed E-state index contributed by atoms with van der Waals surface area (Å²) in [5, 5.41) is 0. The van der Waals surface area contributed by atoms with Crippen LogP contribution in [0.25, 0.3) is 11.0 Å². The van der Waals surface area contributed by atoms with Crippen molar-refractivity contribution in [3.63, 3.8) is 0 Å². The van der Waals surface area contributed by atoms with Crippen molar-refractivity contribution in [1.82, 2.24) is 9.55 Å². The van der Waals surface area contributed by atoms with E-state index in [1.165, 1.54) is 0 Å². The van der Waals surface area contributed by atoms with Crippen LogP contribution in [0.4, 0.5) is 0 Å². The van der Waals surface area contributed by atoms with Gasteiger partial charge >= 0.3 is 0 Å². The van der Waals surface area contributed by atoms with Crippen molar-refractivity contribution in [2.75, 3.05) is 6.61 Å². The van der Waals surface area contributed by atoms with Crippen LogP contribution >= 0.6 is 0 Å². The van der Waals surface area contributed by atoms with Crippen molar-refractivity contribution in [3.8, 4) is 5.75 Å². The highest BCUT2D eigenvalue weighted by Gasteiger charge is 2.01. The second kappa shape index (κ2) is 4.34. The van der Waals surface area contributed by atoms with E-state index in [0.717, 1.165) is 36.2 Å². The Hall–Kier alpha value is -1.51. The van der Waals surface area contributed by atoms with Gasteiger partial charge in [-0.3, -0.25) is 0 Å². The number of ether oxygens (including phenoxy) is 1. The van der Waals surface area contributed by atoms with Crippen molar-refractivity contribution in [2.45, 2.75) is 19.8 Å². The number of aryl methyl sites for hydroxylation is 1. The van der Waals surface area contributed by atoms with Gasteiger partial charge in [-0.25, -0.2) is 4.98 Å². The maximum absolute atomic E-state index is 5.62. The molecule has 1 aromatic carbocycles. The smallest absolute Gasteiger partial charge is 0.177 e. The van der Waals surface area contributed by atoms with Gasteiger partial charge in [0, 0.05) is 13.1 Å². The molecule has 0 amide bonds. The molecule has 2 aromatic rings. The number of hydrogen-bond donors (Lipinski definition) is 0. The third-order valence-electron chi connectivity index (χ3n) is 2.40. The van der Waals surface area contributed by atoms with Crippen LogP contribution in [-0.4, -0.2) is 16.2 Å². The van der Waals surface area contributed by atoms with Crippen molar-refractivity contribution < 1.29 is 4.74 Å². The van der Waals surface area contributed by atoms with Crippen LogP contribution in [0.1, 0.15) is 19.8 Å². The van der Waals surface area contributed by atoms with Crippen LogP contribution in [0.2, 0.25) is 0 Å². The van der Waals surface area contributed by atoms with Gasteiger partial charge in [-0.2, -0.15) is 0 Å². The van der Waals surface area contributed by atoms with Crippen molar-refractivity contribution >= 4 is 11.0 Å². The van der Waals surface area contributed by atoms with Gasteiger partial charge in [0.1, 0.15) is 5.75 Å². The van der Waals surface area contributed by atoms with Crippen LogP contribution in [0.3, 0.4) is 0 Å². The summed E-state index contributed by atoms with van der Waals surface area (Å²) in [6.07, 6.45) is 5.13. The Morgan fingerprint density at radius 1 is 1.47 bits per heavy atom. The molecule has 0 spiro atoms. The monoisotopic (exact) mass is 203 g/mol. The largest absolute Gasteiger partial charge is 0.494 e. The Morgan fingerprint density at radius 2 is 2.33 bits per heavy atom. The van der Waals surface area contributed by atoms with Crippen LogP contribution < -0.4 is 4.74 Å². The van der Waals surface area contributed by atoms with Gasteiger partial charge in [0.15, 0.2) is 6.33 Å². The zero-order chi connectivity index (χ0) is 10.7. The molecule has 15 heavy (non-hydrogen) atoms. The second-order valence-electron chi connectivity index (χ2n) is 3.62. The fourth-order valence-corrected chi connectivity index (χ4v) is 1.47. The van der Waals surface area contributed by atoms with E-state index in [0.29, 0.717) is 0 Å². The zero-order valence-corrected chi connectivity index (χ0v) is 9.16. The molecular formula is C12H15N2O. The van der Waals surface area contributed by atoms with E-state index < -0.39 is 0 Å². The maximum atomic E-state index is 5.62. The molecule has 0 N–H and O–H groups in total. The Balaban J connectivity index is 2.18. The predicted octanol–water partition coefficient (Wildman–Crippen LogP) is 2.55. The van der Waals surface area contributed by atoms with Gasteiger partial charge in [0.05, 0.1) is 17.6 Å². The number of hydrogen-bond acceptors (Lipinski definition) is 2. The van der Waals surface area contributed by atoms with Crippen molar-refractivity contribution in [2.24, 2.45) is 7.05 Å². The summed E-state index contributed by atoms with van der Waals surface area (Å²) in [5.74, 6) is 0.910. The second-order valence-corrected chi connectivity index (χ2v) is 3.62. The molecule has 79 valence electrons. The quantitative estimate of drug-likeness (QED) is 0.714. The van der Waals surface area contributed by atoms with Gasteiger partial charge < -0.3 is 9.30 Å². The Kier molecular flexibility index (Phi) is 2.90. The molecule has 0 bridgehead atoms. The maximum Gasteiger partial charge on any atom is 0.177 e. The lowest BCUT2D eigenvalue weighted by Crippen LogP contribution is -1.96. The minimum atomic E-state index is 0.781. The first-order chi connectivity index (χ1) is 7.31. The molecule has 2 rings (SSSR count). The van der Waals surface area contributed by atoms with Crippen LogP contribution in [-0.2, 0) is 7.05 Å². The molecule has 3 heteroatoms. The third-order valence-corrected chi connectivity index (χ3v) is 2.40. The summed E-state index contributed by atoms with van der Waals surface area (Å²) in [6, 6.07) is 5.93. The van der Waals surface area contributed by atoms with Gasteiger partial charge in [0.25, 0.3) is 0 Å². The Labute approximate surface area is 89.7 Å². The van der Waals surface area contributed by atoms with Gasteiger partial charge in [-0.15, -0.1) is 0 Å². The molecule has 1 heterocycles. The fourth-order valence-electron chi connectivity index (χ4n) is 1.47. The molecule has 3 nitrogen and oxygen atoms in total. The minimum Gasteiger partial charge on any atom is -0.494 e. The molecule has 0 aliphatic rings. The topological polar surface area (TPSA) is 27.1 Å². The first-order valence-electron chi connectivity index (χ1n) is 5.28. The predicted molar refractivity (Wildman–Crippen MR) is 60.0 cm³/mol. The summed E-state index contributed by atoms with van der Waals surface area (Å²) in [5.41, 5.74) is 2.02. The number of aromatic nitrogens is 2. The van der Waals surface area contributed by atoms with E-state index in [4.69, 9.17) is 4.74 Å². The molecular weight excluding hydrogens is 188 g/mol. The van der Waals surface area contributed by atoms with E-state index >= 15 is 0 Å². The lowest BCUT2D eigenvalue weighted by atomic mass is 10.3. The molecule has 1 aromatic heterocycles. The number of unbranched alkanes of at least 4 members (excludes halogenated alkanes) is 1. The number of rotatable bonds is 4. The molecule has 0 aliphatic heterocycles. The molecule has 1 radical (unpaired) electrons. The summed E-state index contributed by atoms with van der Waals surface area (Å²) in [6.45, 7) is 2.94. The summed E-state index contributed by atoms with van der Waals surface area (Å²) in [4.78, 5) is 4.14. The van der Waals surface area contributed by atoms with Crippen LogP contribution in [0, 0.1) is 6.33 Å². The average Bonchev–Trinajstić information content (AvgIpc) is 2.61. The van der Waals surface area contributed by atoms with E-state index in [1.54, 1.807) is 0 Å². The zero-order valence-electron chi connectivity index (χ0n) is 9.16. The number of benzene rings is 1. The van der Waals surface area contributed by atoms with E-state index in [-0.39, 0.29) is 0 Å². The first-order valence-corrected chi connectivity index (χ1v) is 5.28. The molecule has 0 aliphatic carbocycles. The molecule has 0 fully saturated rings. The minimum absolute atomic E-state index is 0.781. The Bertz CT molecular complexity index is 448. The molecule has 0 saturated heterocycles. The first kappa shape index (κ1) is 10.0. The number of fused-ring (bicyclic) bond motifs is 1. The van der Waals surface area contributed by atoms with Crippen LogP contribution in [0.15, 0.2) is 18.2 Å². The average molecular weight is 203 g/mol. The van der Waals surface area contributed by atoms with E-state index in [9.17, 15) is 0 Å². The fraction of sp³-hybridized carbons (Fsp3) is 0.417. The molecule has 0 saturated carbocycles. The highest BCUT2D eigenvalue weighted by Crippen LogP contribution is 2.19. The standard InChI is InChI=1S/C12H15N2O/c1-3-4-7-15-10-5-6-11-12(8-10)14(2)9-13-11/h5-6,8H,3-4,7H2,1-2H3. The summed E-state index contributed by atoms with van der Waals surface area (Å²) >= 11 is 0. The number of imidazole rings is 1. The third kappa shape index (κ3) is 2.12. The summed E-state index contributed by atoms with van der Waals surface area (Å²) in [7, 11) is 1.94. The highest BCUT2D eigenvalue weighted by molar-refractivity contribution is 5.76. The number of nitrogens with zero attached hydrogens (tertiary/aromatic N) is 2. The lowest BCUT2D eigenvalue weighted by Gasteiger charge is -2.05. The normalized spacial score (nSPS) is 10.8. The van der Waals surface area contributed by atoms with Crippen molar-refractivity contribution in [1.29, 1.82) is 0 Å². The SMILES string of the molecule is CCCCOc1ccc2n[c]n(C)c2c1. The van der Waals surface area contributed by atoms with Crippen LogP contribution in [0.5, 0.6) is 5.75 Å².